The molecule has 0 spiro atoms. The van der Waals surface area contributed by atoms with E-state index in [0.717, 1.165) is 0 Å². The fourth-order valence-electron chi connectivity index (χ4n) is 0.290. The summed E-state index contributed by atoms with van der Waals surface area (Å²) in [5.41, 5.74) is 0. The zero-order valence-corrected chi connectivity index (χ0v) is 6.45. The zero-order chi connectivity index (χ0) is 6.62. The fourth-order valence-corrected chi connectivity index (χ4v) is 1.66. The molecule has 0 radical (unpaired) electrons. The Morgan fingerprint density at radius 3 is 2.38 bits per heavy atom. The van der Waals surface area contributed by atoms with E-state index in [-0.39, 0.29) is 12.0 Å². The third kappa shape index (κ3) is 3.48. The topological polar surface area (TPSA) is 37.3 Å². The van der Waals surface area contributed by atoms with E-state index in [1.165, 1.54) is 0 Å². The van der Waals surface area contributed by atoms with Crippen molar-refractivity contribution in [3.63, 3.8) is 0 Å². The Labute approximate surface area is 54.3 Å². The summed E-state index contributed by atoms with van der Waals surface area (Å²) < 4.78 is 10.7. The second-order valence-electron chi connectivity index (χ2n) is 1.58. The molecule has 0 aromatic rings. The van der Waals surface area contributed by atoms with Gasteiger partial charge in [0, 0.05) is 18.2 Å². The highest BCUT2D eigenvalue weighted by Gasteiger charge is 2.12. The number of rotatable bonds is 3. The molecule has 0 fully saturated rings. The standard InChI is InChI=1S/C4H10ClO2P/c1-2-8(6,7)4-3-5/h2-4H2,1H3,(H,6,7). The fraction of sp³-hybridized carbons (Fsp3) is 1.00. The molecule has 0 amide bonds. The molecule has 0 heterocycles. The van der Waals surface area contributed by atoms with Gasteiger partial charge in [-0.1, -0.05) is 6.92 Å². The predicted molar refractivity (Wildman–Crippen MR) is 36.0 cm³/mol. The van der Waals surface area contributed by atoms with Crippen LogP contribution in [0.4, 0.5) is 0 Å². The van der Waals surface area contributed by atoms with Crippen molar-refractivity contribution < 1.29 is 9.46 Å². The van der Waals surface area contributed by atoms with E-state index >= 15 is 0 Å². The minimum atomic E-state index is -2.81. The molecule has 0 aromatic heterocycles. The molecule has 0 aliphatic rings. The maximum atomic E-state index is 10.7. The molecule has 0 rings (SSSR count). The Hall–Kier alpha value is 0.480. The van der Waals surface area contributed by atoms with Crippen molar-refractivity contribution in [2.45, 2.75) is 6.92 Å². The molecule has 1 unspecified atom stereocenters. The van der Waals surface area contributed by atoms with Gasteiger partial charge in [-0.15, -0.1) is 11.6 Å². The van der Waals surface area contributed by atoms with Crippen LogP contribution in [0.2, 0.25) is 0 Å². The summed E-state index contributed by atoms with van der Waals surface area (Å²) in [6.45, 7) is 1.69. The zero-order valence-electron chi connectivity index (χ0n) is 4.80. The van der Waals surface area contributed by atoms with Gasteiger partial charge in [0.2, 0.25) is 7.37 Å². The Bertz CT molecular complexity index is 104. The first kappa shape index (κ1) is 8.48. The van der Waals surface area contributed by atoms with Crippen molar-refractivity contribution in [2.75, 3.05) is 18.2 Å². The maximum absolute atomic E-state index is 10.7. The number of hydrogen-bond acceptors (Lipinski definition) is 1. The summed E-state index contributed by atoms with van der Waals surface area (Å²) >= 11 is 5.23. The average molecular weight is 157 g/mol. The molecule has 1 N–H and O–H groups in total. The maximum Gasteiger partial charge on any atom is 0.201 e. The van der Waals surface area contributed by atoms with Crippen molar-refractivity contribution in [3.8, 4) is 0 Å². The van der Waals surface area contributed by atoms with Crippen molar-refractivity contribution in [2.24, 2.45) is 0 Å². The van der Waals surface area contributed by atoms with Gasteiger partial charge >= 0.3 is 0 Å². The van der Waals surface area contributed by atoms with Crippen LogP contribution in [-0.4, -0.2) is 23.1 Å². The monoisotopic (exact) mass is 156 g/mol. The molecule has 0 saturated heterocycles. The summed E-state index contributed by atoms with van der Waals surface area (Å²) in [5.74, 6) is 0.279. The van der Waals surface area contributed by atoms with Gasteiger partial charge in [-0.2, -0.15) is 0 Å². The van der Waals surface area contributed by atoms with Crippen LogP contribution in [0.1, 0.15) is 6.92 Å². The summed E-state index contributed by atoms with van der Waals surface area (Å²) in [6, 6.07) is 0. The van der Waals surface area contributed by atoms with Gasteiger partial charge in [0.25, 0.3) is 0 Å². The van der Waals surface area contributed by atoms with Crippen molar-refractivity contribution >= 4 is 19.0 Å². The normalized spacial score (nSPS) is 17.9. The van der Waals surface area contributed by atoms with E-state index in [2.05, 4.69) is 0 Å². The summed E-state index contributed by atoms with van der Waals surface area (Å²) in [6.07, 6.45) is 0.574. The lowest BCUT2D eigenvalue weighted by Gasteiger charge is -2.03. The van der Waals surface area contributed by atoms with E-state index in [4.69, 9.17) is 16.5 Å². The molecule has 0 saturated carbocycles. The Morgan fingerprint density at radius 2 is 2.25 bits per heavy atom. The van der Waals surface area contributed by atoms with Gasteiger partial charge in [-0.25, -0.2) is 0 Å². The second kappa shape index (κ2) is 3.49. The van der Waals surface area contributed by atoms with E-state index in [0.29, 0.717) is 6.16 Å². The van der Waals surface area contributed by atoms with Gasteiger partial charge < -0.3 is 4.89 Å². The highest BCUT2D eigenvalue weighted by atomic mass is 35.5. The van der Waals surface area contributed by atoms with E-state index in [1.54, 1.807) is 6.92 Å². The van der Waals surface area contributed by atoms with E-state index in [1.807, 2.05) is 0 Å². The Morgan fingerprint density at radius 1 is 1.75 bits per heavy atom. The van der Waals surface area contributed by atoms with Crippen LogP contribution in [0, 0.1) is 0 Å². The molecule has 0 aliphatic heterocycles. The minimum Gasteiger partial charge on any atom is -0.344 e. The third-order valence-corrected chi connectivity index (χ3v) is 3.29. The molecule has 4 heteroatoms. The quantitative estimate of drug-likeness (QED) is 0.497. The highest BCUT2D eigenvalue weighted by Crippen LogP contribution is 2.39. The van der Waals surface area contributed by atoms with Crippen LogP contribution in [0.15, 0.2) is 0 Å². The van der Waals surface area contributed by atoms with E-state index < -0.39 is 7.37 Å². The Kier molecular flexibility index (Phi) is 3.70. The molecule has 8 heavy (non-hydrogen) atoms. The minimum absolute atomic E-state index is 0.241. The summed E-state index contributed by atoms with van der Waals surface area (Å²) in [7, 11) is -2.81. The van der Waals surface area contributed by atoms with Gasteiger partial charge in [0.15, 0.2) is 0 Å². The number of alkyl halides is 1. The predicted octanol–water partition coefficient (Wildman–Crippen LogP) is 1.52. The Balaban J connectivity index is 3.55. The lowest BCUT2D eigenvalue weighted by molar-refractivity contribution is 0.481. The van der Waals surface area contributed by atoms with Crippen molar-refractivity contribution in [1.29, 1.82) is 0 Å². The molecule has 0 aliphatic carbocycles. The number of hydrogen-bond donors (Lipinski definition) is 1. The second-order valence-corrected chi connectivity index (χ2v) is 4.73. The lowest BCUT2D eigenvalue weighted by Crippen LogP contribution is -1.91. The van der Waals surface area contributed by atoms with Crippen molar-refractivity contribution in [3.05, 3.63) is 0 Å². The van der Waals surface area contributed by atoms with Gasteiger partial charge in [-0.3, -0.25) is 4.57 Å². The summed E-state index contributed by atoms with van der Waals surface area (Å²) in [5, 5.41) is 0. The van der Waals surface area contributed by atoms with Crippen LogP contribution in [0.5, 0.6) is 0 Å². The molecule has 0 aromatic carbocycles. The lowest BCUT2D eigenvalue weighted by atomic mass is 10.9. The van der Waals surface area contributed by atoms with Crippen LogP contribution in [0.3, 0.4) is 0 Å². The summed E-state index contributed by atoms with van der Waals surface area (Å²) in [4.78, 5) is 8.79. The SMILES string of the molecule is CCP(=O)(O)CCCl. The molecule has 50 valence electrons. The van der Waals surface area contributed by atoms with Crippen LogP contribution in [0.25, 0.3) is 0 Å². The van der Waals surface area contributed by atoms with Crippen LogP contribution in [-0.2, 0) is 4.57 Å². The van der Waals surface area contributed by atoms with Gasteiger partial charge in [-0.05, 0) is 0 Å². The van der Waals surface area contributed by atoms with Crippen LogP contribution >= 0.6 is 19.0 Å². The van der Waals surface area contributed by atoms with Crippen LogP contribution < -0.4 is 0 Å². The first-order valence-electron chi connectivity index (χ1n) is 2.49. The molecular formula is C4H10ClO2P. The molecule has 2 nitrogen and oxygen atoms in total. The first-order valence-corrected chi connectivity index (χ1v) is 5.05. The van der Waals surface area contributed by atoms with Gasteiger partial charge in [0.05, 0.1) is 0 Å². The highest BCUT2D eigenvalue weighted by molar-refractivity contribution is 7.58. The molecular weight excluding hydrogens is 146 g/mol. The molecule has 0 bridgehead atoms. The largest absolute Gasteiger partial charge is 0.344 e. The van der Waals surface area contributed by atoms with Crippen molar-refractivity contribution in [1.82, 2.24) is 0 Å². The first-order chi connectivity index (χ1) is 3.62. The van der Waals surface area contributed by atoms with Gasteiger partial charge in [0.1, 0.15) is 0 Å². The third-order valence-electron chi connectivity index (χ3n) is 0.928. The number of halogens is 1. The smallest absolute Gasteiger partial charge is 0.201 e. The average Bonchev–Trinajstić information content (AvgIpc) is 1.67. The molecule has 1 atom stereocenters. The van der Waals surface area contributed by atoms with E-state index in [9.17, 15) is 4.57 Å².